The molecule has 2 unspecified atom stereocenters. The fourth-order valence-electron chi connectivity index (χ4n) is 9.93. The van der Waals surface area contributed by atoms with Gasteiger partial charge in [-0.25, -0.2) is 0 Å². The normalized spacial score (nSPS) is 15.2. The topological polar surface area (TPSA) is 65.4 Å². The van der Waals surface area contributed by atoms with Crippen molar-refractivity contribution in [1.29, 1.82) is 0 Å². The largest absolute Gasteiger partial charge is 0.488 e. The van der Waals surface area contributed by atoms with Crippen LogP contribution < -0.4 is 9.47 Å². The minimum absolute atomic E-state index is 0.140. The Hall–Kier alpha value is -5.76. The highest BCUT2D eigenvalue weighted by molar-refractivity contribution is 5.86. The molecule has 0 aliphatic carbocycles. The molecular weight excluding hydrogens is 897 g/mol. The monoisotopic (exact) mass is 981 g/mol. The number of nitrogens with zero attached hydrogens (tertiary/aromatic N) is 2. The number of unbranched alkanes of at least 4 members (excludes halogenated alkanes) is 3. The molecule has 8 rings (SSSR count). The van der Waals surface area contributed by atoms with E-state index in [1.807, 2.05) is 12.1 Å². The van der Waals surface area contributed by atoms with Crippen molar-refractivity contribution >= 4 is 11.1 Å². The predicted molar refractivity (Wildman–Crippen MR) is 305 cm³/mol. The van der Waals surface area contributed by atoms with Gasteiger partial charge in [-0.3, -0.25) is 0 Å². The van der Waals surface area contributed by atoms with Crippen LogP contribution in [0.15, 0.2) is 158 Å². The molecule has 2 aliphatic rings. The number of hydrogen-bond donors (Lipinski definition) is 2. The summed E-state index contributed by atoms with van der Waals surface area (Å²) < 4.78 is 12.2. The highest BCUT2D eigenvalue weighted by atomic mass is 16.5. The van der Waals surface area contributed by atoms with Gasteiger partial charge in [0.05, 0.1) is 12.2 Å². The number of aliphatic hydroxyl groups excluding tert-OH is 2. The standard InChI is InChI=1S/C34H43NO2.C33H41NO2/c1-34(2,3)28-21-19-26(20-22-28)32(36)17-6-5-11-23-35(4)24-12-16-30-29-14-8-7-13-27(29)25-37-33-18-10-9-15-31(30)33;1-33(2,3)27-20-18-25(19-21-27)31(35)16-9-10-22-34(4)23-11-15-29-28-13-6-5-12-26(28)24-36-32-17-8-7-14-30(29)32/h7-10,13-16,18-22,32,36H,5-6,11-12,17,23-25H2,1-4H3;5-8,12-15,17-21,31,35H,9-11,16,22-24H2,1-4H3/b30-16-;29-15-. The zero-order valence-electron chi connectivity index (χ0n) is 45.4. The molecule has 2 heterocycles. The predicted octanol–water partition coefficient (Wildman–Crippen LogP) is 15.5. The maximum atomic E-state index is 10.6. The summed E-state index contributed by atoms with van der Waals surface area (Å²) in [7, 11) is 4.40. The van der Waals surface area contributed by atoms with Crippen LogP contribution >= 0.6 is 0 Å². The summed E-state index contributed by atoms with van der Waals surface area (Å²) in [5, 5.41) is 21.2. The summed E-state index contributed by atoms with van der Waals surface area (Å²) in [5.41, 5.74) is 14.9. The number of aliphatic hydroxyl groups is 2. The van der Waals surface area contributed by atoms with Gasteiger partial charge in [0, 0.05) is 24.2 Å². The first-order valence-corrected chi connectivity index (χ1v) is 27.1. The molecule has 73 heavy (non-hydrogen) atoms. The van der Waals surface area contributed by atoms with Crippen LogP contribution in [0.25, 0.3) is 11.1 Å². The number of benzene rings is 6. The van der Waals surface area contributed by atoms with E-state index in [0.717, 1.165) is 107 Å². The summed E-state index contributed by atoms with van der Waals surface area (Å²) in [5.74, 6) is 1.92. The van der Waals surface area contributed by atoms with Crippen molar-refractivity contribution in [3.8, 4) is 11.5 Å². The lowest BCUT2D eigenvalue weighted by Gasteiger charge is -2.20. The van der Waals surface area contributed by atoms with Gasteiger partial charge in [0.1, 0.15) is 24.7 Å². The Morgan fingerprint density at radius 1 is 0.438 bits per heavy atom. The van der Waals surface area contributed by atoms with Gasteiger partial charge < -0.3 is 29.5 Å². The van der Waals surface area contributed by atoms with Gasteiger partial charge in [0.15, 0.2) is 0 Å². The zero-order valence-corrected chi connectivity index (χ0v) is 45.4. The minimum atomic E-state index is -0.383. The molecule has 2 N–H and O–H groups in total. The molecule has 0 spiro atoms. The highest BCUT2D eigenvalue weighted by Gasteiger charge is 2.21. The molecule has 386 valence electrons. The molecule has 0 radical (unpaired) electrons. The maximum Gasteiger partial charge on any atom is 0.127 e. The Kier molecular flexibility index (Phi) is 19.9. The average Bonchev–Trinajstić information content (AvgIpc) is 3.65. The number of para-hydroxylation sites is 2. The van der Waals surface area contributed by atoms with E-state index in [-0.39, 0.29) is 23.0 Å². The Labute approximate surface area is 439 Å². The van der Waals surface area contributed by atoms with E-state index in [1.165, 1.54) is 55.7 Å². The van der Waals surface area contributed by atoms with E-state index in [9.17, 15) is 10.2 Å². The lowest BCUT2D eigenvalue weighted by molar-refractivity contribution is 0.161. The molecule has 6 aromatic rings. The first kappa shape index (κ1) is 55.0. The summed E-state index contributed by atoms with van der Waals surface area (Å²) in [6, 6.07) is 50.8. The molecule has 6 aromatic carbocycles. The molecule has 0 fully saturated rings. The molecule has 0 saturated carbocycles. The second kappa shape index (κ2) is 26.5. The first-order chi connectivity index (χ1) is 35.2. The Bertz CT molecular complexity index is 2610. The number of hydrogen-bond acceptors (Lipinski definition) is 6. The van der Waals surface area contributed by atoms with Crippen molar-refractivity contribution in [3.63, 3.8) is 0 Å². The molecule has 0 bridgehead atoms. The van der Waals surface area contributed by atoms with Gasteiger partial charge in [-0.15, -0.1) is 0 Å². The molecule has 0 aromatic heterocycles. The third kappa shape index (κ3) is 15.9. The van der Waals surface area contributed by atoms with Crippen molar-refractivity contribution in [2.24, 2.45) is 0 Å². The summed E-state index contributed by atoms with van der Waals surface area (Å²) in [4.78, 5) is 4.82. The molecule has 6 heteroatoms. The van der Waals surface area contributed by atoms with Gasteiger partial charge in [-0.1, -0.05) is 200 Å². The molecule has 2 atom stereocenters. The van der Waals surface area contributed by atoms with Crippen LogP contribution in [-0.4, -0.2) is 60.3 Å². The quantitative estimate of drug-likeness (QED) is 0.0789. The van der Waals surface area contributed by atoms with Gasteiger partial charge >= 0.3 is 0 Å². The van der Waals surface area contributed by atoms with Crippen LogP contribution in [0.1, 0.15) is 167 Å². The number of rotatable bonds is 19. The van der Waals surface area contributed by atoms with Crippen molar-refractivity contribution in [1.82, 2.24) is 9.80 Å². The van der Waals surface area contributed by atoms with Crippen LogP contribution in [-0.2, 0) is 24.0 Å². The second-order valence-corrected chi connectivity index (χ2v) is 22.4. The first-order valence-electron chi connectivity index (χ1n) is 27.1. The van der Waals surface area contributed by atoms with E-state index in [1.54, 1.807) is 0 Å². The number of ether oxygens (including phenoxy) is 2. The Balaban J connectivity index is 0.000000214. The van der Waals surface area contributed by atoms with Gasteiger partial charge in [0.25, 0.3) is 0 Å². The fourth-order valence-corrected chi connectivity index (χ4v) is 9.93. The van der Waals surface area contributed by atoms with Crippen molar-refractivity contribution in [2.45, 2.75) is 136 Å². The van der Waals surface area contributed by atoms with Crippen LogP contribution in [0.2, 0.25) is 0 Å². The van der Waals surface area contributed by atoms with Crippen molar-refractivity contribution < 1.29 is 19.7 Å². The zero-order chi connectivity index (χ0) is 51.8. The van der Waals surface area contributed by atoms with Crippen LogP contribution in [0.5, 0.6) is 11.5 Å². The number of fused-ring (bicyclic) bond motifs is 4. The van der Waals surface area contributed by atoms with Crippen LogP contribution in [0, 0.1) is 0 Å². The Morgan fingerprint density at radius 3 is 1.21 bits per heavy atom. The van der Waals surface area contributed by atoms with Crippen LogP contribution in [0.4, 0.5) is 0 Å². The van der Waals surface area contributed by atoms with Gasteiger partial charge in [0.2, 0.25) is 0 Å². The molecular formula is C67H84N2O4. The van der Waals surface area contributed by atoms with E-state index in [4.69, 9.17) is 9.47 Å². The summed E-state index contributed by atoms with van der Waals surface area (Å²) >= 11 is 0. The molecule has 2 aliphatic heterocycles. The van der Waals surface area contributed by atoms with Gasteiger partial charge in [-0.05, 0) is 151 Å². The maximum absolute atomic E-state index is 10.6. The van der Waals surface area contributed by atoms with Gasteiger partial charge in [-0.2, -0.15) is 0 Å². The summed E-state index contributed by atoms with van der Waals surface area (Å²) in [6.07, 6.45) is 13.1. The fraction of sp³-hybridized carbons (Fsp3) is 0.403. The third-order valence-electron chi connectivity index (χ3n) is 14.6. The lowest BCUT2D eigenvalue weighted by atomic mass is 9.86. The molecule has 0 saturated heterocycles. The molecule has 0 amide bonds. The lowest BCUT2D eigenvalue weighted by Crippen LogP contribution is -2.20. The van der Waals surface area contributed by atoms with E-state index < -0.39 is 0 Å². The molecule has 6 nitrogen and oxygen atoms in total. The van der Waals surface area contributed by atoms with E-state index in [0.29, 0.717) is 13.2 Å². The minimum Gasteiger partial charge on any atom is -0.488 e. The van der Waals surface area contributed by atoms with Crippen molar-refractivity contribution in [3.05, 3.63) is 213 Å². The SMILES string of the molecule is CN(CC/C=C1/c2ccccc2COc2ccccc21)CCCCC(O)c1ccc(C(C)(C)C)cc1.CN(CC/C=C1/c2ccccc2COc2ccccc21)CCCCCC(O)c1ccc(C(C)(C)C)cc1. The van der Waals surface area contributed by atoms with Crippen molar-refractivity contribution in [2.75, 3.05) is 40.3 Å². The summed E-state index contributed by atoms with van der Waals surface area (Å²) in [6.45, 7) is 18.7. The Morgan fingerprint density at radius 2 is 0.795 bits per heavy atom. The average molecular weight is 981 g/mol. The van der Waals surface area contributed by atoms with E-state index in [2.05, 4.69) is 211 Å². The smallest absolute Gasteiger partial charge is 0.127 e. The second-order valence-electron chi connectivity index (χ2n) is 22.4. The van der Waals surface area contributed by atoms with E-state index >= 15 is 0 Å². The van der Waals surface area contributed by atoms with Crippen LogP contribution in [0.3, 0.4) is 0 Å². The third-order valence-corrected chi connectivity index (χ3v) is 14.6. The highest BCUT2D eigenvalue weighted by Crippen LogP contribution is 2.38.